The molecule has 0 aromatic heterocycles. The molecule has 2 N–H and O–H groups in total. The maximum absolute atomic E-state index is 13.7. The molecule has 2 saturated heterocycles. The van der Waals surface area contributed by atoms with Crippen LogP contribution in [0.3, 0.4) is 0 Å². The summed E-state index contributed by atoms with van der Waals surface area (Å²) in [5.74, 6) is 0.356. The second kappa shape index (κ2) is 9.17. The monoisotopic (exact) mass is 522 g/mol. The number of nitro groups is 1. The average molecular weight is 523 g/mol. The molecule has 2 heterocycles. The second-order valence-electron chi connectivity index (χ2n) is 8.27. The van der Waals surface area contributed by atoms with E-state index in [2.05, 4.69) is 26.8 Å². The third kappa shape index (κ3) is 3.85. The van der Waals surface area contributed by atoms with Crippen molar-refractivity contribution < 1.29 is 14.5 Å². The lowest BCUT2D eigenvalue weighted by Crippen LogP contribution is -2.41. The zero-order chi connectivity index (χ0) is 23.8. The molecule has 0 radical (unpaired) electrons. The molecule has 0 spiro atoms. The second-order valence-corrected chi connectivity index (χ2v) is 9.18. The third-order valence-electron chi connectivity index (χ3n) is 6.42. The summed E-state index contributed by atoms with van der Waals surface area (Å²) in [6, 6.07) is 20.5. The molecule has 2 aliphatic rings. The zero-order valence-corrected chi connectivity index (χ0v) is 19.9. The largest absolute Gasteiger partial charge is 0.494 e. The number of para-hydroxylation sites is 1. The molecular formula is C25H23BrN4O4. The molecule has 4 unspecified atom stereocenters. The van der Waals surface area contributed by atoms with Crippen molar-refractivity contribution in [2.24, 2.45) is 5.92 Å². The van der Waals surface area contributed by atoms with Crippen LogP contribution in [-0.4, -0.2) is 23.5 Å². The van der Waals surface area contributed by atoms with Gasteiger partial charge in [0.1, 0.15) is 11.8 Å². The molecule has 0 saturated carbocycles. The number of carbonyl (C=O) groups is 1. The van der Waals surface area contributed by atoms with Gasteiger partial charge < -0.3 is 9.64 Å². The number of nitrogens with zero attached hydrogens (tertiary/aromatic N) is 2. The predicted octanol–water partition coefficient (Wildman–Crippen LogP) is 4.68. The van der Waals surface area contributed by atoms with Crippen molar-refractivity contribution in [2.45, 2.75) is 25.0 Å². The summed E-state index contributed by atoms with van der Waals surface area (Å²) in [4.78, 5) is 26.9. The number of hydrazine groups is 1. The minimum Gasteiger partial charge on any atom is -0.494 e. The lowest BCUT2D eigenvalue weighted by Gasteiger charge is -2.31. The molecular weight excluding hydrogens is 500 g/mol. The molecule has 9 heteroatoms. The normalized spacial score (nSPS) is 23.7. The van der Waals surface area contributed by atoms with Gasteiger partial charge in [0.25, 0.3) is 5.69 Å². The maximum Gasteiger partial charge on any atom is 0.274 e. The number of hydrogen-bond donors (Lipinski definition) is 2. The molecule has 8 nitrogen and oxygen atoms in total. The number of halogens is 1. The van der Waals surface area contributed by atoms with Gasteiger partial charge in [-0.15, -0.1) is 0 Å². The number of carbonyl (C=O) groups excluding carboxylic acids is 1. The molecule has 174 valence electrons. The number of fused-ring (bicyclic) bond motifs is 1. The quantitative estimate of drug-likeness (QED) is 0.360. The number of nitrogens with one attached hydrogen (secondary N) is 2. The first-order chi connectivity index (χ1) is 16.5. The number of amides is 1. The van der Waals surface area contributed by atoms with Crippen LogP contribution in [0.4, 0.5) is 11.4 Å². The lowest BCUT2D eigenvalue weighted by atomic mass is 9.83. The van der Waals surface area contributed by atoms with Gasteiger partial charge in [-0.2, -0.15) is 0 Å². The average Bonchev–Trinajstić information content (AvgIpc) is 3.39. The summed E-state index contributed by atoms with van der Waals surface area (Å²) in [5.41, 5.74) is 8.61. The van der Waals surface area contributed by atoms with Crippen LogP contribution in [0.1, 0.15) is 30.1 Å². The SMILES string of the molecule is CCOc1ccc(C2NNC3C(=O)N(c4ccc(Br)cc4)C(c4ccccc4[N+](=O)[O-])C32)cc1. The third-order valence-corrected chi connectivity index (χ3v) is 6.95. The van der Waals surface area contributed by atoms with Crippen LogP contribution in [0.2, 0.25) is 0 Å². The zero-order valence-electron chi connectivity index (χ0n) is 18.4. The highest BCUT2D eigenvalue weighted by molar-refractivity contribution is 9.10. The number of anilines is 1. The number of nitro benzene ring substituents is 1. The molecule has 0 bridgehead atoms. The van der Waals surface area contributed by atoms with Gasteiger partial charge in [-0.25, -0.2) is 10.9 Å². The fraction of sp³-hybridized carbons (Fsp3) is 0.240. The Morgan fingerprint density at radius 3 is 2.35 bits per heavy atom. The van der Waals surface area contributed by atoms with Crippen LogP contribution in [0, 0.1) is 16.0 Å². The van der Waals surface area contributed by atoms with Crippen LogP contribution in [0.5, 0.6) is 5.75 Å². The number of rotatable bonds is 6. The first-order valence-corrected chi connectivity index (χ1v) is 11.8. The molecule has 4 atom stereocenters. The summed E-state index contributed by atoms with van der Waals surface area (Å²) < 4.78 is 6.45. The highest BCUT2D eigenvalue weighted by atomic mass is 79.9. The minimum atomic E-state index is -0.542. The molecule has 3 aromatic carbocycles. The van der Waals surface area contributed by atoms with E-state index in [1.54, 1.807) is 23.1 Å². The van der Waals surface area contributed by atoms with Gasteiger partial charge in [0.15, 0.2) is 0 Å². The summed E-state index contributed by atoms with van der Waals surface area (Å²) in [7, 11) is 0. The number of benzene rings is 3. The van der Waals surface area contributed by atoms with Crippen LogP contribution >= 0.6 is 15.9 Å². The fourth-order valence-electron chi connectivity index (χ4n) is 5.00. The lowest BCUT2D eigenvalue weighted by molar-refractivity contribution is -0.385. The Hall–Kier alpha value is -3.27. The molecule has 1 amide bonds. The molecule has 3 aromatic rings. The Morgan fingerprint density at radius 2 is 1.68 bits per heavy atom. The first-order valence-electron chi connectivity index (χ1n) is 11.1. The van der Waals surface area contributed by atoms with Crippen molar-refractivity contribution in [3.05, 3.63) is 98.5 Å². The van der Waals surface area contributed by atoms with E-state index in [4.69, 9.17) is 4.74 Å². The van der Waals surface area contributed by atoms with Crippen molar-refractivity contribution >= 4 is 33.2 Å². The Kier molecular flexibility index (Phi) is 6.07. The van der Waals surface area contributed by atoms with Crippen molar-refractivity contribution in [3.8, 4) is 5.75 Å². The van der Waals surface area contributed by atoms with Gasteiger partial charge in [0.05, 0.1) is 29.2 Å². The van der Waals surface area contributed by atoms with Crippen LogP contribution in [0.25, 0.3) is 0 Å². The maximum atomic E-state index is 13.7. The standard InChI is InChI=1S/C25H23BrN4O4/c1-2-34-18-13-7-15(8-14-18)22-21-23(28-27-22)25(31)29(17-11-9-16(26)10-12-17)24(21)19-5-3-4-6-20(19)30(32)33/h3-14,21-24,27-28H,2H2,1H3. The van der Waals surface area contributed by atoms with Gasteiger partial charge >= 0.3 is 0 Å². The van der Waals surface area contributed by atoms with Crippen molar-refractivity contribution in [1.29, 1.82) is 0 Å². The molecule has 0 aliphatic carbocycles. The van der Waals surface area contributed by atoms with E-state index >= 15 is 0 Å². The summed E-state index contributed by atoms with van der Waals surface area (Å²) >= 11 is 3.44. The highest BCUT2D eigenvalue weighted by Gasteiger charge is 2.57. The summed E-state index contributed by atoms with van der Waals surface area (Å²) in [6.07, 6.45) is 0. The van der Waals surface area contributed by atoms with Crippen LogP contribution in [-0.2, 0) is 4.79 Å². The Bertz CT molecular complexity index is 1220. The summed E-state index contributed by atoms with van der Waals surface area (Å²) in [5, 5.41) is 11.9. The van der Waals surface area contributed by atoms with E-state index in [1.165, 1.54) is 6.07 Å². The van der Waals surface area contributed by atoms with E-state index in [-0.39, 0.29) is 28.5 Å². The van der Waals surface area contributed by atoms with Crippen molar-refractivity contribution in [2.75, 3.05) is 11.5 Å². The van der Waals surface area contributed by atoms with Crippen molar-refractivity contribution in [3.63, 3.8) is 0 Å². The smallest absolute Gasteiger partial charge is 0.274 e. The molecule has 5 rings (SSSR count). The van der Waals surface area contributed by atoms with Gasteiger partial charge in [-0.05, 0) is 48.9 Å². The first kappa shape index (κ1) is 22.5. The molecule has 2 aliphatic heterocycles. The van der Waals surface area contributed by atoms with E-state index in [0.717, 1.165) is 15.8 Å². The molecule has 34 heavy (non-hydrogen) atoms. The Labute approximate surface area is 205 Å². The van der Waals surface area contributed by atoms with Gasteiger partial charge in [-0.3, -0.25) is 14.9 Å². The number of hydrogen-bond acceptors (Lipinski definition) is 6. The van der Waals surface area contributed by atoms with E-state index in [9.17, 15) is 14.9 Å². The van der Waals surface area contributed by atoms with E-state index < -0.39 is 12.1 Å². The van der Waals surface area contributed by atoms with Gasteiger partial charge in [0.2, 0.25) is 5.91 Å². The van der Waals surface area contributed by atoms with Gasteiger partial charge in [-0.1, -0.05) is 46.3 Å². The fourth-order valence-corrected chi connectivity index (χ4v) is 5.26. The van der Waals surface area contributed by atoms with E-state index in [0.29, 0.717) is 17.9 Å². The Balaban J connectivity index is 1.63. The minimum absolute atomic E-state index is 0.000375. The van der Waals surface area contributed by atoms with Gasteiger partial charge in [0, 0.05) is 22.1 Å². The molecule has 2 fully saturated rings. The highest BCUT2D eigenvalue weighted by Crippen LogP contribution is 2.50. The van der Waals surface area contributed by atoms with Crippen molar-refractivity contribution in [1.82, 2.24) is 10.9 Å². The topological polar surface area (TPSA) is 96.7 Å². The Morgan fingerprint density at radius 1 is 1.00 bits per heavy atom. The summed E-state index contributed by atoms with van der Waals surface area (Å²) in [6.45, 7) is 2.50. The predicted molar refractivity (Wildman–Crippen MR) is 131 cm³/mol. The van der Waals surface area contributed by atoms with E-state index in [1.807, 2.05) is 55.5 Å². The van der Waals surface area contributed by atoms with Crippen LogP contribution < -0.4 is 20.5 Å². The van der Waals surface area contributed by atoms with Crippen LogP contribution in [0.15, 0.2) is 77.3 Å². The number of ether oxygens (including phenoxy) is 1.